The molecule has 7 nitrogen and oxygen atoms in total. The van der Waals surface area contributed by atoms with Gasteiger partial charge in [0.25, 0.3) is 16.0 Å². The first-order valence-corrected chi connectivity index (χ1v) is 7.57. The Labute approximate surface area is 119 Å². The van der Waals surface area contributed by atoms with Crippen LogP contribution < -0.4 is 11.1 Å². The molecule has 0 bridgehead atoms. The summed E-state index contributed by atoms with van der Waals surface area (Å²) in [7, 11) is -2.11. The molecule has 0 aromatic carbocycles. The van der Waals surface area contributed by atoms with Crippen molar-refractivity contribution in [1.29, 1.82) is 0 Å². The predicted molar refractivity (Wildman–Crippen MR) is 76.0 cm³/mol. The van der Waals surface area contributed by atoms with Gasteiger partial charge in [-0.05, 0) is 18.6 Å². The summed E-state index contributed by atoms with van der Waals surface area (Å²) in [5.41, 5.74) is 5.84. The number of carbonyl (C=O) groups is 1. The van der Waals surface area contributed by atoms with Gasteiger partial charge < -0.3 is 15.8 Å². The van der Waals surface area contributed by atoms with E-state index < -0.39 is 16.0 Å². The SMILES string of the molecule is C=C(/C=C(OCC)\C(=C/N)C(=O)NC)COS(C)(=O)=O. The fourth-order valence-corrected chi connectivity index (χ4v) is 1.53. The first kappa shape index (κ1) is 18.2. The molecule has 1 amide bonds. The normalized spacial score (nSPS) is 12.9. The number of nitrogens with two attached hydrogens (primary N) is 1. The van der Waals surface area contributed by atoms with E-state index in [0.717, 1.165) is 12.5 Å². The van der Waals surface area contributed by atoms with Crippen LogP contribution in [-0.4, -0.2) is 40.8 Å². The molecule has 114 valence electrons. The molecule has 0 fully saturated rings. The zero-order valence-electron chi connectivity index (χ0n) is 11.8. The van der Waals surface area contributed by atoms with Crippen LogP contribution in [0.4, 0.5) is 0 Å². The third-order valence-electron chi connectivity index (χ3n) is 2.00. The van der Waals surface area contributed by atoms with E-state index in [4.69, 9.17) is 10.5 Å². The molecular weight excluding hydrogens is 284 g/mol. The summed E-state index contributed by atoms with van der Waals surface area (Å²) in [6.45, 7) is 5.44. The molecule has 0 heterocycles. The van der Waals surface area contributed by atoms with E-state index >= 15 is 0 Å². The molecule has 0 rings (SSSR count). The number of rotatable bonds is 8. The minimum atomic E-state index is -3.56. The van der Waals surface area contributed by atoms with Crippen LogP contribution in [-0.2, 0) is 23.8 Å². The average Bonchev–Trinajstić information content (AvgIpc) is 2.36. The van der Waals surface area contributed by atoms with Gasteiger partial charge in [-0.1, -0.05) is 6.58 Å². The number of hydrogen-bond acceptors (Lipinski definition) is 6. The minimum absolute atomic E-state index is 0.120. The summed E-state index contributed by atoms with van der Waals surface area (Å²) in [6.07, 6.45) is 3.44. The summed E-state index contributed by atoms with van der Waals surface area (Å²) in [5, 5.41) is 2.42. The van der Waals surface area contributed by atoms with E-state index in [9.17, 15) is 13.2 Å². The van der Waals surface area contributed by atoms with Crippen molar-refractivity contribution in [1.82, 2.24) is 5.32 Å². The lowest BCUT2D eigenvalue weighted by atomic mass is 10.1. The van der Waals surface area contributed by atoms with Crippen molar-refractivity contribution in [3.8, 4) is 0 Å². The summed E-state index contributed by atoms with van der Waals surface area (Å²) in [4.78, 5) is 11.6. The third kappa shape index (κ3) is 6.95. The van der Waals surface area contributed by atoms with Crippen LogP contribution in [0.5, 0.6) is 0 Å². The van der Waals surface area contributed by atoms with Crippen LogP contribution in [0.15, 0.2) is 35.8 Å². The molecule has 0 aliphatic carbocycles. The van der Waals surface area contributed by atoms with Crippen LogP contribution in [0.1, 0.15) is 6.92 Å². The fourth-order valence-electron chi connectivity index (χ4n) is 1.17. The molecule has 0 saturated heterocycles. The van der Waals surface area contributed by atoms with Gasteiger partial charge >= 0.3 is 0 Å². The van der Waals surface area contributed by atoms with Crippen molar-refractivity contribution >= 4 is 16.0 Å². The number of likely N-dealkylation sites (N-methyl/N-ethyl adjacent to an activating group) is 1. The van der Waals surface area contributed by atoms with Crippen molar-refractivity contribution in [2.75, 3.05) is 26.5 Å². The summed E-state index contributed by atoms with van der Waals surface area (Å²) in [6, 6.07) is 0. The second kappa shape index (κ2) is 8.39. The predicted octanol–water partition coefficient (Wildman–Crippen LogP) is 0.0278. The van der Waals surface area contributed by atoms with Gasteiger partial charge in [0.1, 0.15) is 5.76 Å². The van der Waals surface area contributed by atoms with E-state index in [1.165, 1.54) is 13.1 Å². The van der Waals surface area contributed by atoms with Crippen molar-refractivity contribution in [2.45, 2.75) is 6.92 Å². The Hall–Kier alpha value is -1.80. The monoisotopic (exact) mass is 304 g/mol. The largest absolute Gasteiger partial charge is 0.493 e. The molecule has 0 aliphatic rings. The van der Waals surface area contributed by atoms with E-state index in [1.807, 2.05) is 0 Å². The molecule has 3 N–H and O–H groups in total. The highest BCUT2D eigenvalue weighted by molar-refractivity contribution is 7.85. The first-order chi connectivity index (χ1) is 9.25. The van der Waals surface area contributed by atoms with Gasteiger partial charge in [-0.2, -0.15) is 8.42 Å². The number of hydrogen-bond donors (Lipinski definition) is 2. The zero-order valence-corrected chi connectivity index (χ0v) is 12.6. The third-order valence-corrected chi connectivity index (χ3v) is 2.54. The fraction of sp³-hybridized carbons (Fsp3) is 0.417. The maximum Gasteiger partial charge on any atom is 0.264 e. The Morgan fingerprint density at radius 2 is 2.05 bits per heavy atom. The Bertz CT molecular complexity index is 520. The van der Waals surface area contributed by atoms with Crippen molar-refractivity contribution in [3.05, 3.63) is 35.8 Å². The molecule has 0 saturated carbocycles. The first-order valence-electron chi connectivity index (χ1n) is 5.76. The molecule has 8 heteroatoms. The van der Waals surface area contributed by atoms with E-state index in [-0.39, 0.29) is 17.9 Å². The molecular formula is C12H20N2O5S. The van der Waals surface area contributed by atoms with Crippen LogP contribution in [0.2, 0.25) is 0 Å². The molecule has 20 heavy (non-hydrogen) atoms. The lowest BCUT2D eigenvalue weighted by molar-refractivity contribution is -0.117. The summed E-state index contributed by atoms with van der Waals surface area (Å²) < 4.78 is 31.7. The van der Waals surface area contributed by atoms with Crippen LogP contribution in [0.25, 0.3) is 0 Å². The highest BCUT2D eigenvalue weighted by Crippen LogP contribution is 2.14. The van der Waals surface area contributed by atoms with Gasteiger partial charge in [-0.3, -0.25) is 8.98 Å². The maximum absolute atomic E-state index is 11.6. The van der Waals surface area contributed by atoms with E-state index in [1.54, 1.807) is 6.92 Å². The Balaban J connectivity index is 5.11. The average molecular weight is 304 g/mol. The summed E-state index contributed by atoms with van der Waals surface area (Å²) >= 11 is 0. The van der Waals surface area contributed by atoms with Gasteiger partial charge in [-0.15, -0.1) is 0 Å². The van der Waals surface area contributed by atoms with Crippen LogP contribution in [0, 0.1) is 0 Å². The van der Waals surface area contributed by atoms with Gasteiger partial charge in [0.05, 0.1) is 25.0 Å². The van der Waals surface area contributed by atoms with E-state index in [2.05, 4.69) is 16.1 Å². The van der Waals surface area contributed by atoms with Crippen molar-refractivity contribution < 1.29 is 22.1 Å². The number of carbonyl (C=O) groups excluding carboxylic acids is 1. The summed E-state index contributed by atoms with van der Waals surface area (Å²) in [5.74, 6) is -0.236. The lowest BCUT2D eigenvalue weighted by Gasteiger charge is -2.12. The standard InChI is InChI=1S/C12H20N2O5S/c1-5-18-11(10(7-13)12(15)14-3)6-9(2)8-19-20(4,16)17/h6-7H,2,5,8,13H2,1,3-4H3,(H,14,15)/b10-7+,11-6+. The molecule has 0 unspecified atom stereocenters. The second-order valence-corrected chi connectivity index (χ2v) is 5.37. The lowest BCUT2D eigenvalue weighted by Crippen LogP contribution is -2.23. The Kier molecular flexibility index (Phi) is 7.63. The molecule has 0 aromatic rings. The van der Waals surface area contributed by atoms with Gasteiger partial charge in [0.2, 0.25) is 0 Å². The van der Waals surface area contributed by atoms with Crippen molar-refractivity contribution in [3.63, 3.8) is 0 Å². The van der Waals surface area contributed by atoms with Crippen LogP contribution in [0.3, 0.4) is 0 Å². The van der Waals surface area contributed by atoms with Crippen molar-refractivity contribution in [2.24, 2.45) is 5.73 Å². The smallest absolute Gasteiger partial charge is 0.264 e. The Morgan fingerprint density at radius 3 is 2.45 bits per heavy atom. The van der Waals surface area contributed by atoms with Gasteiger partial charge in [0.15, 0.2) is 0 Å². The number of amides is 1. The van der Waals surface area contributed by atoms with Gasteiger partial charge in [-0.25, -0.2) is 0 Å². The van der Waals surface area contributed by atoms with E-state index in [0.29, 0.717) is 12.2 Å². The molecule has 0 spiro atoms. The quantitative estimate of drug-likeness (QED) is 0.283. The minimum Gasteiger partial charge on any atom is -0.493 e. The van der Waals surface area contributed by atoms with Gasteiger partial charge in [0, 0.05) is 13.2 Å². The zero-order chi connectivity index (χ0) is 15.8. The topological polar surface area (TPSA) is 108 Å². The highest BCUT2D eigenvalue weighted by Gasteiger charge is 2.14. The second-order valence-electron chi connectivity index (χ2n) is 3.73. The highest BCUT2D eigenvalue weighted by atomic mass is 32.2. The molecule has 0 aromatic heterocycles. The van der Waals surface area contributed by atoms with Crippen LogP contribution >= 0.6 is 0 Å². The molecule has 0 radical (unpaired) electrons. The Morgan fingerprint density at radius 1 is 1.45 bits per heavy atom. The number of nitrogens with one attached hydrogen (secondary N) is 1. The molecule has 0 aliphatic heterocycles. The molecule has 0 atom stereocenters. The number of ether oxygens (including phenoxy) is 1. The maximum atomic E-state index is 11.6.